The third kappa shape index (κ3) is 5.82. The first-order valence-electron chi connectivity index (χ1n) is 7.90. The summed E-state index contributed by atoms with van der Waals surface area (Å²) in [5, 5.41) is 3.43. The van der Waals surface area contributed by atoms with Crippen molar-refractivity contribution in [3.05, 3.63) is 0 Å². The molecule has 0 saturated heterocycles. The summed E-state index contributed by atoms with van der Waals surface area (Å²) in [5.41, 5.74) is 0. The number of rotatable bonds is 8. The summed E-state index contributed by atoms with van der Waals surface area (Å²) in [6, 6.07) is 0.501. The molecule has 3 unspecified atom stereocenters. The highest BCUT2D eigenvalue weighted by molar-refractivity contribution is 7.91. The normalized spacial score (nSPS) is 26.3. The lowest BCUT2D eigenvalue weighted by Gasteiger charge is -2.34. The topological polar surface area (TPSA) is 46.2 Å². The molecular weight excluding hydrogens is 258 g/mol. The summed E-state index contributed by atoms with van der Waals surface area (Å²) in [4.78, 5) is 0. The van der Waals surface area contributed by atoms with Gasteiger partial charge in [-0.05, 0) is 44.6 Å². The van der Waals surface area contributed by atoms with Gasteiger partial charge in [-0.3, -0.25) is 0 Å². The summed E-state index contributed by atoms with van der Waals surface area (Å²) in [6.07, 6.45) is 8.44. The third-order valence-corrected chi connectivity index (χ3v) is 6.54. The Morgan fingerprint density at radius 1 is 1.26 bits per heavy atom. The molecule has 3 nitrogen and oxygen atoms in total. The summed E-state index contributed by atoms with van der Waals surface area (Å²) >= 11 is 0. The molecule has 114 valence electrons. The van der Waals surface area contributed by atoms with E-state index >= 15 is 0 Å². The molecule has 1 fully saturated rings. The molecule has 0 amide bonds. The predicted molar refractivity (Wildman–Crippen MR) is 82.1 cm³/mol. The molecule has 0 bridgehead atoms. The van der Waals surface area contributed by atoms with Crippen LogP contribution in [-0.2, 0) is 9.84 Å². The Balaban J connectivity index is 2.40. The van der Waals surface area contributed by atoms with E-state index in [2.05, 4.69) is 12.2 Å². The monoisotopic (exact) mass is 289 g/mol. The van der Waals surface area contributed by atoms with Crippen molar-refractivity contribution in [1.82, 2.24) is 5.32 Å². The van der Waals surface area contributed by atoms with E-state index in [-0.39, 0.29) is 5.75 Å². The second-order valence-electron chi connectivity index (χ2n) is 5.97. The Kier molecular flexibility index (Phi) is 7.37. The van der Waals surface area contributed by atoms with Crippen LogP contribution in [0.2, 0.25) is 0 Å². The molecule has 19 heavy (non-hydrogen) atoms. The Morgan fingerprint density at radius 3 is 2.58 bits per heavy atom. The quantitative estimate of drug-likeness (QED) is 0.747. The fourth-order valence-corrected chi connectivity index (χ4v) is 4.25. The maximum Gasteiger partial charge on any atom is 0.150 e. The van der Waals surface area contributed by atoms with E-state index in [0.717, 1.165) is 24.7 Å². The van der Waals surface area contributed by atoms with Gasteiger partial charge in [-0.15, -0.1) is 0 Å². The minimum absolute atomic E-state index is 0.276. The molecule has 3 atom stereocenters. The van der Waals surface area contributed by atoms with Gasteiger partial charge in [0.2, 0.25) is 0 Å². The molecule has 1 aliphatic carbocycles. The van der Waals surface area contributed by atoms with Crippen LogP contribution in [0.15, 0.2) is 0 Å². The van der Waals surface area contributed by atoms with E-state index in [1.165, 1.54) is 32.1 Å². The van der Waals surface area contributed by atoms with Gasteiger partial charge in [0.15, 0.2) is 0 Å². The Labute approximate surface area is 119 Å². The highest BCUT2D eigenvalue weighted by Gasteiger charge is 2.26. The van der Waals surface area contributed by atoms with Gasteiger partial charge in [-0.25, -0.2) is 8.42 Å². The fraction of sp³-hybridized carbons (Fsp3) is 1.00. The van der Waals surface area contributed by atoms with Gasteiger partial charge >= 0.3 is 0 Å². The van der Waals surface area contributed by atoms with Crippen LogP contribution in [0.5, 0.6) is 0 Å². The van der Waals surface area contributed by atoms with Crippen LogP contribution in [-0.4, -0.2) is 33.0 Å². The molecule has 1 aliphatic rings. The molecule has 0 aliphatic heterocycles. The zero-order valence-corrected chi connectivity index (χ0v) is 13.6. The van der Waals surface area contributed by atoms with Crippen LogP contribution < -0.4 is 5.32 Å². The van der Waals surface area contributed by atoms with Crippen molar-refractivity contribution in [2.45, 2.75) is 64.8 Å². The Morgan fingerprint density at radius 2 is 2.00 bits per heavy atom. The molecule has 0 aromatic rings. The van der Waals surface area contributed by atoms with Gasteiger partial charge in [0, 0.05) is 11.8 Å². The van der Waals surface area contributed by atoms with E-state index in [0.29, 0.717) is 11.8 Å². The van der Waals surface area contributed by atoms with Crippen molar-refractivity contribution < 1.29 is 8.42 Å². The highest BCUT2D eigenvalue weighted by Crippen LogP contribution is 2.33. The zero-order chi connectivity index (χ0) is 14.3. The Hall–Kier alpha value is -0.0900. The first-order valence-corrected chi connectivity index (χ1v) is 9.72. The van der Waals surface area contributed by atoms with Crippen LogP contribution in [0.25, 0.3) is 0 Å². The molecule has 4 heteroatoms. The van der Waals surface area contributed by atoms with Crippen LogP contribution >= 0.6 is 0 Å². The van der Waals surface area contributed by atoms with Crippen LogP contribution in [0.4, 0.5) is 0 Å². The predicted octanol–water partition coefficient (Wildman–Crippen LogP) is 3.01. The standard InChI is InChI=1S/C15H31NO2S/c1-4-13-8-6-9-14(12-13)15(16-3)10-7-11-19(17,18)5-2/h13-16H,4-12H2,1-3H3. The van der Waals surface area contributed by atoms with Crippen molar-refractivity contribution in [2.75, 3.05) is 18.6 Å². The number of nitrogens with one attached hydrogen (secondary N) is 1. The second-order valence-corrected chi connectivity index (χ2v) is 8.45. The van der Waals surface area contributed by atoms with Gasteiger partial charge in [-0.1, -0.05) is 33.1 Å². The molecule has 0 spiro atoms. The number of hydrogen-bond acceptors (Lipinski definition) is 3. The molecule has 0 radical (unpaired) electrons. The molecule has 0 aromatic carbocycles. The first kappa shape index (κ1) is 17.0. The van der Waals surface area contributed by atoms with E-state index in [4.69, 9.17) is 0 Å². The SMILES string of the molecule is CCC1CCCC(C(CCCS(=O)(=O)CC)NC)C1. The maximum absolute atomic E-state index is 11.5. The highest BCUT2D eigenvalue weighted by atomic mass is 32.2. The number of hydrogen-bond donors (Lipinski definition) is 1. The van der Waals surface area contributed by atoms with Crippen LogP contribution in [0.1, 0.15) is 58.8 Å². The van der Waals surface area contributed by atoms with Crippen molar-refractivity contribution in [3.8, 4) is 0 Å². The molecule has 1 saturated carbocycles. The minimum Gasteiger partial charge on any atom is -0.317 e. The second kappa shape index (κ2) is 8.25. The molecular formula is C15H31NO2S. The maximum atomic E-state index is 11.5. The lowest BCUT2D eigenvalue weighted by atomic mass is 9.76. The fourth-order valence-electron chi connectivity index (χ4n) is 3.35. The van der Waals surface area contributed by atoms with E-state index < -0.39 is 9.84 Å². The average Bonchev–Trinajstić information content (AvgIpc) is 2.43. The van der Waals surface area contributed by atoms with Gasteiger partial charge in [-0.2, -0.15) is 0 Å². The number of sulfone groups is 1. The van der Waals surface area contributed by atoms with Crippen LogP contribution in [0, 0.1) is 11.8 Å². The van der Waals surface area contributed by atoms with Crippen molar-refractivity contribution in [3.63, 3.8) is 0 Å². The van der Waals surface area contributed by atoms with E-state index in [1.54, 1.807) is 6.92 Å². The van der Waals surface area contributed by atoms with Crippen LogP contribution in [0.3, 0.4) is 0 Å². The minimum atomic E-state index is -2.80. The van der Waals surface area contributed by atoms with Crippen molar-refractivity contribution in [2.24, 2.45) is 11.8 Å². The first-order chi connectivity index (χ1) is 9.02. The van der Waals surface area contributed by atoms with E-state index in [1.807, 2.05) is 7.05 Å². The van der Waals surface area contributed by atoms with Gasteiger partial charge in [0.1, 0.15) is 9.84 Å². The lowest BCUT2D eigenvalue weighted by Crippen LogP contribution is -2.36. The lowest BCUT2D eigenvalue weighted by molar-refractivity contribution is 0.207. The van der Waals surface area contributed by atoms with Gasteiger partial charge in [0.05, 0.1) is 5.75 Å². The van der Waals surface area contributed by atoms with Gasteiger partial charge < -0.3 is 5.32 Å². The Bertz CT molecular complexity index is 340. The summed E-state index contributed by atoms with van der Waals surface area (Å²) in [5.74, 6) is 2.26. The summed E-state index contributed by atoms with van der Waals surface area (Å²) < 4.78 is 23.0. The zero-order valence-electron chi connectivity index (χ0n) is 12.8. The van der Waals surface area contributed by atoms with Crippen molar-refractivity contribution >= 4 is 9.84 Å². The molecule has 1 rings (SSSR count). The third-order valence-electron chi connectivity index (χ3n) is 4.75. The average molecular weight is 289 g/mol. The molecule has 0 heterocycles. The largest absolute Gasteiger partial charge is 0.317 e. The summed E-state index contributed by atoms with van der Waals surface area (Å²) in [7, 11) is -0.775. The molecule has 0 aromatic heterocycles. The van der Waals surface area contributed by atoms with E-state index in [9.17, 15) is 8.42 Å². The molecule has 1 N–H and O–H groups in total. The van der Waals surface area contributed by atoms with Crippen molar-refractivity contribution in [1.29, 1.82) is 0 Å². The van der Waals surface area contributed by atoms with Gasteiger partial charge in [0.25, 0.3) is 0 Å². The summed E-state index contributed by atoms with van der Waals surface area (Å²) in [6.45, 7) is 4.02. The smallest absolute Gasteiger partial charge is 0.150 e.